The number of fused-ring (bicyclic) bond motifs is 2. The summed E-state index contributed by atoms with van der Waals surface area (Å²) < 4.78 is 0. The first kappa shape index (κ1) is 9.28. The average Bonchev–Trinajstić information content (AvgIpc) is 2.46. The van der Waals surface area contributed by atoms with Crippen LogP contribution in [0.2, 0.25) is 0 Å². The Hall–Kier alpha value is -1.96. The summed E-state index contributed by atoms with van der Waals surface area (Å²) in [5.41, 5.74) is 5.32. The zero-order valence-corrected chi connectivity index (χ0v) is 9.14. The number of aromatic nitrogens is 2. The Morgan fingerprint density at radius 1 is 1.06 bits per heavy atom. The second-order valence-electron chi connectivity index (χ2n) is 4.09. The van der Waals surface area contributed by atoms with Gasteiger partial charge < -0.3 is 0 Å². The Labute approximate surface area is 94.4 Å². The van der Waals surface area contributed by atoms with E-state index in [-0.39, 0.29) is 0 Å². The molecule has 3 rings (SSSR count). The van der Waals surface area contributed by atoms with Crippen LogP contribution in [0.25, 0.3) is 17.1 Å². The van der Waals surface area contributed by atoms with Crippen LogP contribution in [0.3, 0.4) is 0 Å². The first-order valence-corrected chi connectivity index (χ1v) is 5.42. The molecular formula is C14H12N2. The minimum absolute atomic E-state index is 0.889. The fraction of sp³-hybridized carbons (Fsp3) is 0.143. The number of para-hydroxylation sites is 2. The molecule has 1 aromatic heterocycles. The van der Waals surface area contributed by atoms with Crippen molar-refractivity contribution in [1.29, 1.82) is 0 Å². The maximum atomic E-state index is 4.67. The summed E-state index contributed by atoms with van der Waals surface area (Å²) in [6, 6.07) is 8.00. The van der Waals surface area contributed by atoms with E-state index in [0.717, 1.165) is 28.8 Å². The molecule has 0 saturated carbocycles. The van der Waals surface area contributed by atoms with Gasteiger partial charge in [0, 0.05) is 6.42 Å². The van der Waals surface area contributed by atoms with Gasteiger partial charge in [0.25, 0.3) is 0 Å². The summed E-state index contributed by atoms with van der Waals surface area (Å²) in [5, 5.41) is 0. The largest absolute Gasteiger partial charge is 0.249 e. The summed E-state index contributed by atoms with van der Waals surface area (Å²) in [6.07, 6.45) is 7.09. The lowest BCUT2D eigenvalue weighted by Gasteiger charge is -2.05. The Balaban J connectivity index is 2.26. The number of hydrogen-bond acceptors (Lipinski definition) is 2. The van der Waals surface area contributed by atoms with Gasteiger partial charge in [0.15, 0.2) is 0 Å². The molecule has 0 atom stereocenters. The maximum absolute atomic E-state index is 4.67. The monoisotopic (exact) mass is 208 g/mol. The number of benzene rings is 1. The van der Waals surface area contributed by atoms with E-state index in [4.69, 9.17) is 0 Å². The average molecular weight is 208 g/mol. The highest BCUT2D eigenvalue weighted by molar-refractivity contribution is 5.76. The Morgan fingerprint density at radius 2 is 1.81 bits per heavy atom. The van der Waals surface area contributed by atoms with Crippen LogP contribution in [0, 0.1) is 0 Å². The minimum atomic E-state index is 0.889. The van der Waals surface area contributed by atoms with E-state index in [1.54, 1.807) is 0 Å². The first-order chi connectivity index (χ1) is 7.83. The SMILES string of the molecule is CC1=CC=Cc2nc3ccccc3nc2C1. The molecule has 0 unspecified atom stereocenters. The van der Waals surface area contributed by atoms with E-state index in [1.165, 1.54) is 5.57 Å². The zero-order valence-electron chi connectivity index (χ0n) is 9.14. The van der Waals surface area contributed by atoms with E-state index in [0.29, 0.717) is 0 Å². The van der Waals surface area contributed by atoms with Crippen molar-refractivity contribution in [2.75, 3.05) is 0 Å². The fourth-order valence-corrected chi connectivity index (χ4v) is 1.94. The van der Waals surface area contributed by atoms with Crippen molar-refractivity contribution < 1.29 is 0 Å². The maximum Gasteiger partial charge on any atom is 0.0894 e. The summed E-state index contributed by atoms with van der Waals surface area (Å²) in [4.78, 5) is 9.30. The Morgan fingerprint density at radius 3 is 2.62 bits per heavy atom. The summed E-state index contributed by atoms with van der Waals surface area (Å²) in [7, 11) is 0. The van der Waals surface area contributed by atoms with Crippen molar-refractivity contribution in [3.05, 3.63) is 53.4 Å². The molecule has 78 valence electrons. The number of rotatable bonds is 0. The van der Waals surface area contributed by atoms with Crippen LogP contribution >= 0.6 is 0 Å². The fourth-order valence-electron chi connectivity index (χ4n) is 1.94. The van der Waals surface area contributed by atoms with Crippen molar-refractivity contribution in [3.8, 4) is 0 Å². The third-order valence-corrected chi connectivity index (χ3v) is 2.75. The number of hydrogen-bond donors (Lipinski definition) is 0. The Bertz CT molecular complexity index is 609. The third-order valence-electron chi connectivity index (χ3n) is 2.75. The van der Waals surface area contributed by atoms with Crippen LogP contribution in [0.5, 0.6) is 0 Å². The molecule has 1 aliphatic rings. The van der Waals surface area contributed by atoms with Gasteiger partial charge in [-0.1, -0.05) is 29.9 Å². The standard InChI is InChI=1S/C14H12N2/c1-10-5-4-8-13-14(9-10)16-12-7-3-2-6-11(12)15-13/h2-8H,9H2,1H3. The van der Waals surface area contributed by atoms with Crippen molar-refractivity contribution >= 4 is 17.1 Å². The summed E-state index contributed by atoms with van der Waals surface area (Å²) >= 11 is 0. The van der Waals surface area contributed by atoms with Gasteiger partial charge in [-0.05, 0) is 25.1 Å². The highest BCUT2D eigenvalue weighted by Crippen LogP contribution is 2.19. The smallest absolute Gasteiger partial charge is 0.0894 e. The van der Waals surface area contributed by atoms with E-state index in [2.05, 4.69) is 23.0 Å². The lowest BCUT2D eigenvalue weighted by molar-refractivity contribution is 1.04. The van der Waals surface area contributed by atoms with Crippen LogP contribution in [0.15, 0.2) is 42.0 Å². The molecule has 0 saturated heterocycles. The summed E-state index contributed by atoms with van der Waals surface area (Å²) in [6.45, 7) is 2.12. The molecule has 0 radical (unpaired) electrons. The van der Waals surface area contributed by atoms with Gasteiger partial charge in [0.05, 0.1) is 22.4 Å². The Kier molecular flexibility index (Phi) is 2.07. The van der Waals surface area contributed by atoms with Crippen LogP contribution in [0.1, 0.15) is 18.3 Å². The van der Waals surface area contributed by atoms with Gasteiger partial charge in [-0.25, -0.2) is 9.97 Å². The van der Waals surface area contributed by atoms with Crippen molar-refractivity contribution in [2.24, 2.45) is 0 Å². The molecular weight excluding hydrogens is 196 g/mol. The topological polar surface area (TPSA) is 25.8 Å². The van der Waals surface area contributed by atoms with E-state index >= 15 is 0 Å². The number of allylic oxidation sites excluding steroid dienone is 3. The van der Waals surface area contributed by atoms with Gasteiger partial charge in [-0.2, -0.15) is 0 Å². The second-order valence-corrected chi connectivity index (χ2v) is 4.09. The molecule has 1 aromatic carbocycles. The van der Waals surface area contributed by atoms with Crippen molar-refractivity contribution in [2.45, 2.75) is 13.3 Å². The molecule has 2 heteroatoms. The van der Waals surface area contributed by atoms with Crippen molar-refractivity contribution in [1.82, 2.24) is 9.97 Å². The van der Waals surface area contributed by atoms with Crippen LogP contribution in [-0.4, -0.2) is 9.97 Å². The highest BCUT2D eigenvalue weighted by Gasteiger charge is 2.08. The van der Waals surface area contributed by atoms with Crippen LogP contribution in [0.4, 0.5) is 0 Å². The lowest BCUT2D eigenvalue weighted by Crippen LogP contribution is -1.98. The van der Waals surface area contributed by atoms with E-state index in [1.807, 2.05) is 36.4 Å². The molecule has 1 aliphatic carbocycles. The molecule has 0 amide bonds. The predicted molar refractivity (Wildman–Crippen MR) is 66.0 cm³/mol. The first-order valence-electron chi connectivity index (χ1n) is 5.42. The molecule has 16 heavy (non-hydrogen) atoms. The normalized spacial score (nSPS) is 14.4. The number of nitrogens with zero attached hydrogens (tertiary/aromatic N) is 2. The predicted octanol–water partition coefficient (Wildman–Crippen LogP) is 3.15. The van der Waals surface area contributed by atoms with Gasteiger partial charge in [0.2, 0.25) is 0 Å². The van der Waals surface area contributed by atoms with Gasteiger partial charge in [-0.3, -0.25) is 0 Å². The van der Waals surface area contributed by atoms with E-state index < -0.39 is 0 Å². The lowest BCUT2D eigenvalue weighted by atomic mass is 10.1. The third kappa shape index (κ3) is 1.52. The van der Waals surface area contributed by atoms with Crippen LogP contribution in [-0.2, 0) is 6.42 Å². The summed E-state index contributed by atoms with van der Waals surface area (Å²) in [5.74, 6) is 0. The molecule has 0 aliphatic heterocycles. The van der Waals surface area contributed by atoms with Crippen LogP contribution < -0.4 is 0 Å². The zero-order chi connectivity index (χ0) is 11.0. The molecule has 0 fully saturated rings. The molecule has 2 nitrogen and oxygen atoms in total. The molecule has 0 spiro atoms. The minimum Gasteiger partial charge on any atom is -0.249 e. The quantitative estimate of drug-likeness (QED) is 0.664. The molecule has 2 aromatic rings. The van der Waals surface area contributed by atoms with Gasteiger partial charge in [0.1, 0.15) is 0 Å². The van der Waals surface area contributed by atoms with Crippen molar-refractivity contribution in [3.63, 3.8) is 0 Å². The second kappa shape index (κ2) is 3.56. The van der Waals surface area contributed by atoms with E-state index in [9.17, 15) is 0 Å². The van der Waals surface area contributed by atoms with Gasteiger partial charge >= 0.3 is 0 Å². The highest BCUT2D eigenvalue weighted by atomic mass is 14.8. The van der Waals surface area contributed by atoms with Gasteiger partial charge in [-0.15, -0.1) is 0 Å². The molecule has 0 N–H and O–H groups in total. The molecule has 1 heterocycles. The molecule has 0 bridgehead atoms.